The fourth-order valence-corrected chi connectivity index (χ4v) is 3.96. The van der Waals surface area contributed by atoms with Gasteiger partial charge in [-0.3, -0.25) is 4.79 Å². The van der Waals surface area contributed by atoms with Gasteiger partial charge in [-0.15, -0.1) is 0 Å². The third-order valence-electron chi connectivity index (χ3n) is 5.32. The lowest BCUT2D eigenvalue weighted by Crippen LogP contribution is -2.36. The molecule has 0 radical (unpaired) electrons. The summed E-state index contributed by atoms with van der Waals surface area (Å²) in [6, 6.07) is 4.63. The topological polar surface area (TPSA) is 49.3 Å². The fourth-order valence-electron chi connectivity index (χ4n) is 3.96. The summed E-state index contributed by atoms with van der Waals surface area (Å²) in [4.78, 5) is 25.8. The van der Waals surface area contributed by atoms with Gasteiger partial charge >= 0.3 is 6.18 Å². The van der Waals surface area contributed by atoms with Crippen molar-refractivity contribution >= 4 is 11.7 Å². The van der Waals surface area contributed by atoms with Gasteiger partial charge in [0.15, 0.2) is 0 Å². The Morgan fingerprint density at radius 1 is 1.07 bits per heavy atom. The molecule has 1 aromatic heterocycles. The lowest BCUT2D eigenvalue weighted by Gasteiger charge is -2.27. The van der Waals surface area contributed by atoms with Crippen LogP contribution < -0.4 is 4.90 Å². The van der Waals surface area contributed by atoms with Gasteiger partial charge in [0.25, 0.3) is 5.91 Å². The molecule has 2 aromatic rings. The van der Waals surface area contributed by atoms with Crippen molar-refractivity contribution in [3.05, 3.63) is 52.5 Å². The molecule has 0 spiro atoms. The maximum absolute atomic E-state index is 13.0. The highest BCUT2D eigenvalue weighted by molar-refractivity contribution is 5.94. The average molecular weight is 420 g/mol. The lowest BCUT2D eigenvalue weighted by molar-refractivity contribution is -0.137. The molecule has 1 saturated heterocycles. The number of halogens is 3. The molecule has 3 rings (SSSR count). The third-order valence-corrected chi connectivity index (χ3v) is 5.32. The third kappa shape index (κ3) is 4.74. The molecule has 0 aliphatic carbocycles. The monoisotopic (exact) mass is 420 g/mol. The molecular weight excluding hydrogens is 393 g/mol. The Kier molecular flexibility index (Phi) is 6.33. The van der Waals surface area contributed by atoms with E-state index in [4.69, 9.17) is 0 Å². The number of anilines is 1. The fraction of sp³-hybridized carbons (Fsp3) is 0.500. The van der Waals surface area contributed by atoms with Gasteiger partial charge in [0, 0.05) is 43.0 Å². The Balaban J connectivity index is 1.80. The summed E-state index contributed by atoms with van der Waals surface area (Å²) in [6.45, 7) is 10.3. The number of amides is 1. The molecule has 0 atom stereocenters. The number of carbonyl (C=O) groups excluding carboxylic acids is 1. The number of carbonyl (C=O) groups is 1. The smallest absolute Gasteiger partial charge is 0.354 e. The maximum Gasteiger partial charge on any atom is 0.416 e. The predicted molar refractivity (Wildman–Crippen MR) is 110 cm³/mol. The Hall–Kier alpha value is -2.64. The Labute approximate surface area is 174 Å². The molecule has 1 aliphatic rings. The van der Waals surface area contributed by atoms with Gasteiger partial charge in [-0.05, 0) is 44.4 Å². The quantitative estimate of drug-likeness (QED) is 0.729. The molecule has 1 fully saturated rings. The number of alkyl halides is 3. The van der Waals surface area contributed by atoms with Crippen LogP contribution in [-0.2, 0) is 6.18 Å². The summed E-state index contributed by atoms with van der Waals surface area (Å²) >= 11 is 0. The molecule has 8 heteroatoms. The van der Waals surface area contributed by atoms with Crippen LogP contribution in [0.1, 0.15) is 59.2 Å². The number of benzene rings is 1. The van der Waals surface area contributed by atoms with Crippen LogP contribution >= 0.6 is 0 Å². The van der Waals surface area contributed by atoms with E-state index in [0.717, 1.165) is 35.8 Å². The van der Waals surface area contributed by atoms with Gasteiger partial charge in [0.1, 0.15) is 11.6 Å². The van der Waals surface area contributed by atoms with Crippen molar-refractivity contribution in [3.63, 3.8) is 0 Å². The van der Waals surface area contributed by atoms with Gasteiger partial charge in [0.05, 0.1) is 5.56 Å². The first-order valence-electron chi connectivity index (χ1n) is 10.1. The molecule has 1 aliphatic heterocycles. The second kappa shape index (κ2) is 8.62. The zero-order valence-electron chi connectivity index (χ0n) is 17.8. The molecule has 0 N–H and O–H groups in total. The van der Waals surface area contributed by atoms with Crippen molar-refractivity contribution in [3.8, 4) is 0 Å². The van der Waals surface area contributed by atoms with E-state index >= 15 is 0 Å². The maximum atomic E-state index is 13.0. The Bertz CT molecular complexity index is 927. The van der Waals surface area contributed by atoms with E-state index in [2.05, 4.69) is 28.7 Å². The first kappa shape index (κ1) is 22.1. The van der Waals surface area contributed by atoms with Crippen molar-refractivity contribution in [2.24, 2.45) is 0 Å². The number of rotatable bonds is 3. The first-order chi connectivity index (χ1) is 14.1. The van der Waals surface area contributed by atoms with Crippen LogP contribution in [0, 0.1) is 13.8 Å². The summed E-state index contributed by atoms with van der Waals surface area (Å²) in [5, 5.41) is 0. The summed E-state index contributed by atoms with van der Waals surface area (Å²) in [5.74, 6) is 1.48. The van der Waals surface area contributed by atoms with Crippen molar-refractivity contribution in [1.82, 2.24) is 14.9 Å². The average Bonchev–Trinajstić information content (AvgIpc) is 2.92. The van der Waals surface area contributed by atoms with Crippen molar-refractivity contribution < 1.29 is 18.0 Å². The van der Waals surface area contributed by atoms with Gasteiger partial charge < -0.3 is 9.80 Å². The Morgan fingerprint density at radius 3 is 2.47 bits per heavy atom. The molecular formula is C22H27F3N4O. The lowest BCUT2D eigenvalue weighted by atomic mass is 10.0. The Morgan fingerprint density at radius 2 is 1.80 bits per heavy atom. The molecule has 1 amide bonds. The number of hydrogen-bond acceptors (Lipinski definition) is 4. The van der Waals surface area contributed by atoms with Crippen LogP contribution in [0.5, 0.6) is 0 Å². The summed E-state index contributed by atoms with van der Waals surface area (Å²) in [6.07, 6.45) is -3.76. The number of aryl methyl sites for hydroxylation is 2. The molecule has 162 valence electrons. The minimum Gasteiger partial charge on any atom is -0.354 e. The number of nitrogens with zero attached hydrogens (tertiary/aromatic N) is 4. The van der Waals surface area contributed by atoms with E-state index in [-0.39, 0.29) is 17.4 Å². The molecule has 5 nitrogen and oxygen atoms in total. The van der Waals surface area contributed by atoms with Gasteiger partial charge in [0.2, 0.25) is 0 Å². The second-order valence-electron chi connectivity index (χ2n) is 7.96. The zero-order chi connectivity index (χ0) is 22.1. The van der Waals surface area contributed by atoms with Crippen molar-refractivity contribution in [2.75, 3.05) is 31.1 Å². The van der Waals surface area contributed by atoms with E-state index in [9.17, 15) is 18.0 Å². The largest absolute Gasteiger partial charge is 0.416 e. The SMILES string of the molecule is Cc1nc(C)c(C(C)C)c(N2CCCN(C(=O)c3cccc(C(F)(F)F)c3)CC2)n1. The normalized spacial score (nSPS) is 15.5. The predicted octanol–water partition coefficient (Wildman–Crippen LogP) is 4.59. The number of aromatic nitrogens is 2. The van der Waals surface area contributed by atoms with Gasteiger partial charge in [-0.1, -0.05) is 19.9 Å². The zero-order valence-corrected chi connectivity index (χ0v) is 17.8. The minimum absolute atomic E-state index is 0.0647. The summed E-state index contributed by atoms with van der Waals surface area (Å²) in [7, 11) is 0. The highest BCUT2D eigenvalue weighted by Crippen LogP contribution is 2.31. The first-order valence-corrected chi connectivity index (χ1v) is 10.1. The minimum atomic E-state index is -4.47. The van der Waals surface area contributed by atoms with Crippen LogP contribution in [0.4, 0.5) is 19.0 Å². The van der Waals surface area contributed by atoms with Crippen LogP contribution in [0.3, 0.4) is 0 Å². The highest BCUT2D eigenvalue weighted by Gasteiger charge is 2.31. The molecule has 0 unspecified atom stereocenters. The molecule has 1 aromatic carbocycles. The van der Waals surface area contributed by atoms with Crippen LogP contribution in [-0.4, -0.2) is 47.0 Å². The highest BCUT2D eigenvalue weighted by atomic mass is 19.4. The molecule has 0 bridgehead atoms. The molecule has 0 saturated carbocycles. The van der Waals surface area contributed by atoms with E-state index in [0.29, 0.717) is 31.9 Å². The standard InChI is InChI=1S/C22H27F3N4O/c1-14(2)19-15(3)26-16(4)27-20(19)28-9-6-10-29(12-11-28)21(30)17-7-5-8-18(13-17)22(23,24)25/h5,7-8,13-14H,6,9-12H2,1-4H3. The summed E-state index contributed by atoms with van der Waals surface area (Å²) in [5.41, 5.74) is 1.31. The van der Waals surface area contributed by atoms with Crippen LogP contribution in [0.25, 0.3) is 0 Å². The van der Waals surface area contributed by atoms with Gasteiger partial charge in [-0.25, -0.2) is 9.97 Å². The second-order valence-corrected chi connectivity index (χ2v) is 7.96. The van der Waals surface area contributed by atoms with Crippen molar-refractivity contribution in [2.45, 2.75) is 46.2 Å². The van der Waals surface area contributed by atoms with E-state index in [1.165, 1.54) is 12.1 Å². The van der Waals surface area contributed by atoms with E-state index in [1.807, 2.05) is 13.8 Å². The van der Waals surface area contributed by atoms with Crippen LogP contribution in [0.2, 0.25) is 0 Å². The van der Waals surface area contributed by atoms with Gasteiger partial charge in [-0.2, -0.15) is 13.2 Å². The molecule has 2 heterocycles. The van der Waals surface area contributed by atoms with E-state index < -0.39 is 11.7 Å². The van der Waals surface area contributed by atoms with Crippen molar-refractivity contribution in [1.29, 1.82) is 0 Å². The van der Waals surface area contributed by atoms with E-state index in [1.54, 1.807) is 4.90 Å². The van der Waals surface area contributed by atoms with Crippen LogP contribution in [0.15, 0.2) is 24.3 Å². The molecule has 30 heavy (non-hydrogen) atoms. The number of hydrogen-bond donors (Lipinski definition) is 0. The summed E-state index contributed by atoms with van der Waals surface area (Å²) < 4.78 is 39.0.